The first-order valence-electron chi connectivity index (χ1n) is 5.05. The molecule has 88 valence electrons. The summed E-state index contributed by atoms with van der Waals surface area (Å²) in [7, 11) is 0. The van der Waals surface area contributed by atoms with E-state index in [1.54, 1.807) is 18.2 Å². The minimum Gasteiger partial charge on any atom is -0.456 e. The van der Waals surface area contributed by atoms with Crippen molar-refractivity contribution in [2.45, 2.75) is 6.92 Å². The highest BCUT2D eigenvalue weighted by atomic mass is 127. The van der Waals surface area contributed by atoms with Crippen LogP contribution in [0.1, 0.15) is 5.56 Å². The first-order chi connectivity index (χ1) is 8.06. The fourth-order valence-electron chi connectivity index (χ4n) is 1.45. The van der Waals surface area contributed by atoms with E-state index in [1.807, 2.05) is 13.0 Å². The van der Waals surface area contributed by atoms with Gasteiger partial charge in [-0.2, -0.15) is 0 Å². The molecule has 2 N–H and O–H groups in total. The number of rotatable bonds is 2. The van der Waals surface area contributed by atoms with Crippen molar-refractivity contribution in [3.8, 4) is 11.5 Å². The molecule has 0 fully saturated rings. The fourth-order valence-corrected chi connectivity index (χ4v) is 2.10. The number of aryl methyl sites for hydroxylation is 1. The molecule has 0 saturated heterocycles. The van der Waals surface area contributed by atoms with Gasteiger partial charge in [0.1, 0.15) is 17.3 Å². The zero-order chi connectivity index (χ0) is 12.4. The predicted molar refractivity (Wildman–Crippen MR) is 74.8 cm³/mol. The molecule has 4 heteroatoms. The average molecular weight is 343 g/mol. The first-order valence-corrected chi connectivity index (χ1v) is 6.13. The number of hydrogen-bond acceptors (Lipinski definition) is 2. The van der Waals surface area contributed by atoms with Gasteiger partial charge in [0.2, 0.25) is 0 Å². The van der Waals surface area contributed by atoms with E-state index >= 15 is 0 Å². The van der Waals surface area contributed by atoms with Gasteiger partial charge in [-0.15, -0.1) is 0 Å². The summed E-state index contributed by atoms with van der Waals surface area (Å²) in [5.74, 6) is 1.10. The fraction of sp³-hybridized carbons (Fsp3) is 0.0769. The summed E-state index contributed by atoms with van der Waals surface area (Å²) in [6.07, 6.45) is 0. The summed E-state index contributed by atoms with van der Waals surface area (Å²) in [4.78, 5) is 0. The van der Waals surface area contributed by atoms with E-state index in [0.717, 1.165) is 14.9 Å². The normalized spacial score (nSPS) is 10.3. The summed E-state index contributed by atoms with van der Waals surface area (Å²) in [6, 6.07) is 9.86. The van der Waals surface area contributed by atoms with E-state index in [-0.39, 0.29) is 5.82 Å². The van der Waals surface area contributed by atoms with Crippen LogP contribution in [-0.4, -0.2) is 0 Å². The molecule has 2 rings (SSSR count). The second-order valence-corrected chi connectivity index (χ2v) is 4.86. The van der Waals surface area contributed by atoms with Crippen LogP contribution in [0, 0.1) is 16.3 Å². The van der Waals surface area contributed by atoms with Gasteiger partial charge < -0.3 is 10.5 Å². The monoisotopic (exact) mass is 343 g/mol. The Bertz CT molecular complexity index is 508. The van der Waals surface area contributed by atoms with Gasteiger partial charge in [0.05, 0.1) is 3.57 Å². The summed E-state index contributed by atoms with van der Waals surface area (Å²) in [5.41, 5.74) is 7.11. The number of ether oxygens (including phenoxy) is 1. The largest absolute Gasteiger partial charge is 0.456 e. The molecule has 0 spiro atoms. The molecule has 2 nitrogen and oxygen atoms in total. The van der Waals surface area contributed by atoms with Gasteiger partial charge in [-0.1, -0.05) is 0 Å². The molecule has 0 bridgehead atoms. The molecular formula is C13H11FINO. The van der Waals surface area contributed by atoms with E-state index in [9.17, 15) is 4.39 Å². The summed E-state index contributed by atoms with van der Waals surface area (Å²) >= 11 is 2.15. The Morgan fingerprint density at radius 2 is 1.82 bits per heavy atom. The van der Waals surface area contributed by atoms with Crippen molar-refractivity contribution in [1.29, 1.82) is 0 Å². The van der Waals surface area contributed by atoms with Crippen LogP contribution in [0.25, 0.3) is 0 Å². The topological polar surface area (TPSA) is 35.2 Å². The van der Waals surface area contributed by atoms with Crippen LogP contribution >= 0.6 is 22.6 Å². The standard InChI is InChI=1S/C13H11FINO/c1-8-6-9(14)2-4-12(8)17-13-5-3-10(16)7-11(13)15/h2-7H,16H2,1H3. The minimum absolute atomic E-state index is 0.262. The Hall–Kier alpha value is -1.30. The van der Waals surface area contributed by atoms with Crippen molar-refractivity contribution in [3.05, 3.63) is 51.3 Å². The highest BCUT2D eigenvalue weighted by Crippen LogP contribution is 2.30. The zero-order valence-electron chi connectivity index (χ0n) is 9.21. The minimum atomic E-state index is -0.262. The molecule has 0 aliphatic rings. The van der Waals surface area contributed by atoms with Crippen LogP contribution < -0.4 is 10.5 Å². The maximum absolute atomic E-state index is 12.9. The van der Waals surface area contributed by atoms with Crippen LogP contribution in [0.4, 0.5) is 10.1 Å². The van der Waals surface area contributed by atoms with E-state index in [0.29, 0.717) is 11.4 Å². The van der Waals surface area contributed by atoms with Gasteiger partial charge in [0.25, 0.3) is 0 Å². The van der Waals surface area contributed by atoms with Crippen LogP contribution in [0.15, 0.2) is 36.4 Å². The molecule has 17 heavy (non-hydrogen) atoms. The molecule has 0 saturated carbocycles. The third kappa shape index (κ3) is 2.88. The zero-order valence-corrected chi connectivity index (χ0v) is 11.4. The lowest BCUT2D eigenvalue weighted by molar-refractivity contribution is 0.473. The quantitative estimate of drug-likeness (QED) is 0.658. The number of nitrogen functional groups attached to an aromatic ring is 1. The lowest BCUT2D eigenvalue weighted by atomic mass is 10.2. The Morgan fingerprint density at radius 3 is 2.47 bits per heavy atom. The van der Waals surface area contributed by atoms with Crippen molar-refractivity contribution in [1.82, 2.24) is 0 Å². The Labute approximate surface area is 113 Å². The van der Waals surface area contributed by atoms with Crippen LogP contribution in [0.2, 0.25) is 0 Å². The average Bonchev–Trinajstić information content (AvgIpc) is 2.25. The highest BCUT2D eigenvalue weighted by molar-refractivity contribution is 14.1. The van der Waals surface area contributed by atoms with Crippen molar-refractivity contribution in [3.63, 3.8) is 0 Å². The molecule has 0 aliphatic heterocycles. The molecule has 0 aromatic heterocycles. The molecule has 2 aromatic carbocycles. The Balaban J connectivity index is 2.31. The molecule has 0 radical (unpaired) electrons. The van der Waals surface area contributed by atoms with Crippen molar-refractivity contribution in [2.75, 3.05) is 5.73 Å². The first kappa shape index (κ1) is 12.2. The van der Waals surface area contributed by atoms with Crippen LogP contribution in [0.5, 0.6) is 11.5 Å². The summed E-state index contributed by atoms with van der Waals surface area (Å²) in [6.45, 7) is 1.81. The molecule has 0 atom stereocenters. The maximum Gasteiger partial charge on any atom is 0.140 e. The van der Waals surface area contributed by atoms with Gasteiger partial charge >= 0.3 is 0 Å². The van der Waals surface area contributed by atoms with Crippen molar-refractivity contribution < 1.29 is 9.13 Å². The Morgan fingerprint density at radius 1 is 1.12 bits per heavy atom. The lowest BCUT2D eigenvalue weighted by Crippen LogP contribution is -1.92. The second kappa shape index (κ2) is 4.91. The maximum atomic E-state index is 12.9. The Kier molecular flexibility index (Phi) is 3.51. The molecule has 0 heterocycles. The van der Waals surface area contributed by atoms with E-state index in [4.69, 9.17) is 10.5 Å². The molecule has 0 amide bonds. The SMILES string of the molecule is Cc1cc(F)ccc1Oc1ccc(N)cc1I. The number of benzene rings is 2. The third-order valence-corrected chi connectivity index (χ3v) is 3.16. The number of hydrogen-bond donors (Lipinski definition) is 1. The number of halogens is 2. The summed E-state index contributed by atoms with van der Waals surface area (Å²) in [5, 5.41) is 0. The van der Waals surface area contributed by atoms with Crippen LogP contribution in [0.3, 0.4) is 0 Å². The van der Waals surface area contributed by atoms with Gasteiger partial charge in [-0.3, -0.25) is 0 Å². The van der Waals surface area contributed by atoms with E-state index < -0.39 is 0 Å². The smallest absolute Gasteiger partial charge is 0.140 e. The predicted octanol–water partition coefficient (Wildman–Crippen LogP) is 4.11. The number of nitrogens with two attached hydrogens (primary N) is 1. The lowest BCUT2D eigenvalue weighted by Gasteiger charge is -2.10. The number of anilines is 1. The molecular weight excluding hydrogens is 332 g/mol. The summed E-state index contributed by atoms with van der Waals surface area (Å²) < 4.78 is 19.6. The van der Waals surface area contributed by atoms with Gasteiger partial charge in [0, 0.05) is 5.69 Å². The molecule has 2 aromatic rings. The molecule has 0 unspecified atom stereocenters. The van der Waals surface area contributed by atoms with Crippen molar-refractivity contribution in [2.24, 2.45) is 0 Å². The van der Waals surface area contributed by atoms with E-state index in [2.05, 4.69) is 22.6 Å². The van der Waals surface area contributed by atoms with Crippen LogP contribution in [-0.2, 0) is 0 Å². The van der Waals surface area contributed by atoms with Crippen molar-refractivity contribution >= 4 is 28.3 Å². The third-order valence-electron chi connectivity index (χ3n) is 2.31. The molecule has 0 aliphatic carbocycles. The van der Waals surface area contributed by atoms with E-state index in [1.165, 1.54) is 12.1 Å². The second-order valence-electron chi connectivity index (χ2n) is 3.70. The van der Waals surface area contributed by atoms with Gasteiger partial charge in [-0.25, -0.2) is 4.39 Å². The van der Waals surface area contributed by atoms with Gasteiger partial charge in [0.15, 0.2) is 0 Å². The highest BCUT2D eigenvalue weighted by Gasteiger charge is 2.06. The van der Waals surface area contributed by atoms with Gasteiger partial charge in [-0.05, 0) is 71.5 Å².